The summed E-state index contributed by atoms with van der Waals surface area (Å²) in [7, 11) is 0. The lowest BCUT2D eigenvalue weighted by molar-refractivity contribution is -0.136. The number of carbonyl (C=O) groups excluding carboxylic acids is 2. The number of nitrogens with two attached hydrogens (primary N) is 2. The molecule has 2 heterocycles. The molecule has 11 heteroatoms. The Bertz CT molecular complexity index is 958. The van der Waals surface area contributed by atoms with Crippen LogP contribution in [0.4, 0.5) is 23.0 Å². The summed E-state index contributed by atoms with van der Waals surface area (Å²) in [5.41, 5.74) is 12.1. The van der Waals surface area contributed by atoms with Gasteiger partial charge in [-0.2, -0.15) is 0 Å². The van der Waals surface area contributed by atoms with Gasteiger partial charge in [0.2, 0.25) is 5.91 Å². The average molecular weight is 427 g/mol. The number of hydrogen-bond donors (Lipinski definition) is 3. The molecule has 31 heavy (non-hydrogen) atoms. The third-order valence-electron chi connectivity index (χ3n) is 4.38. The molecule has 1 atom stereocenters. The van der Waals surface area contributed by atoms with Crippen molar-refractivity contribution < 1.29 is 19.1 Å². The van der Waals surface area contributed by atoms with E-state index in [1.54, 1.807) is 43.3 Å². The Morgan fingerprint density at radius 3 is 2.61 bits per heavy atom. The van der Waals surface area contributed by atoms with Crippen LogP contribution in [0.2, 0.25) is 0 Å². The van der Waals surface area contributed by atoms with Crippen molar-refractivity contribution in [1.82, 2.24) is 9.88 Å². The SMILES string of the molecule is C[C@H](N)C(=O)Nc1ccc(N=Nc2ccccc2OC(=O)CN2CCOCC2)c(N)n1. The maximum absolute atomic E-state index is 12.3. The maximum atomic E-state index is 12.3. The first-order chi connectivity index (χ1) is 14.9. The molecule has 2 aromatic rings. The minimum atomic E-state index is -0.676. The first-order valence-electron chi connectivity index (χ1n) is 9.77. The van der Waals surface area contributed by atoms with Crippen LogP contribution in [0.1, 0.15) is 6.92 Å². The molecular weight excluding hydrogens is 402 g/mol. The quantitative estimate of drug-likeness (QED) is 0.341. The molecule has 1 aromatic carbocycles. The zero-order valence-corrected chi connectivity index (χ0v) is 17.2. The number of amides is 1. The third-order valence-corrected chi connectivity index (χ3v) is 4.38. The molecule has 0 radical (unpaired) electrons. The number of nitrogens with zero attached hydrogens (tertiary/aromatic N) is 4. The summed E-state index contributed by atoms with van der Waals surface area (Å²) in [6.07, 6.45) is 0. The van der Waals surface area contributed by atoms with E-state index in [0.717, 1.165) is 0 Å². The highest BCUT2D eigenvalue weighted by atomic mass is 16.5. The second-order valence-corrected chi connectivity index (χ2v) is 6.91. The van der Waals surface area contributed by atoms with Crippen LogP contribution in [0.5, 0.6) is 5.75 Å². The van der Waals surface area contributed by atoms with Crippen molar-refractivity contribution in [1.29, 1.82) is 0 Å². The number of para-hydroxylation sites is 1. The number of morpholine rings is 1. The van der Waals surface area contributed by atoms with Crippen LogP contribution in [0.15, 0.2) is 46.6 Å². The van der Waals surface area contributed by atoms with Crippen LogP contribution in [0.25, 0.3) is 0 Å². The van der Waals surface area contributed by atoms with Gasteiger partial charge in [0.25, 0.3) is 0 Å². The molecular formula is C20H25N7O4. The van der Waals surface area contributed by atoms with E-state index in [-0.39, 0.29) is 35.8 Å². The summed E-state index contributed by atoms with van der Waals surface area (Å²) in [5, 5.41) is 10.8. The van der Waals surface area contributed by atoms with Gasteiger partial charge in [0, 0.05) is 13.1 Å². The lowest BCUT2D eigenvalue weighted by Gasteiger charge is -2.25. The molecule has 0 bridgehead atoms. The highest BCUT2D eigenvalue weighted by Gasteiger charge is 2.17. The summed E-state index contributed by atoms with van der Waals surface area (Å²) < 4.78 is 10.7. The third kappa shape index (κ3) is 6.54. The molecule has 0 aliphatic carbocycles. The smallest absolute Gasteiger partial charge is 0.325 e. The van der Waals surface area contributed by atoms with Crippen LogP contribution in [-0.4, -0.2) is 60.7 Å². The van der Waals surface area contributed by atoms with Gasteiger partial charge in [0.05, 0.1) is 25.8 Å². The molecule has 0 unspecified atom stereocenters. The highest BCUT2D eigenvalue weighted by Crippen LogP contribution is 2.30. The number of aromatic nitrogens is 1. The number of azo groups is 1. The maximum Gasteiger partial charge on any atom is 0.325 e. The van der Waals surface area contributed by atoms with Crippen LogP contribution in [0.3, 0.4) is 0 Å². The number of ether oxygens (including phenoxy) is 2. The second kappa shape index (κ2) is 10.6. The van der Waals surface area contributed by atoms with Crippen molar-refractivity contribution in [3.8, 4) is 5.75 Å². The summed E-state index contributed by atoms with van der Waals surface area (Å²) >= 11 is 0. The van der Waals surface area contributed by atoms with Crippen molar-refractivity contribution in [2.75, 3.05) is 43.9 Å². The van der Waals surface area contributed by atoms with Gasteiger partial charge in [-0.15, -0.1) is 10.2 Å². The zero-order valence-electron chi connectivity index (χ0n) is 17.2. The Labute approximate surface area is 179 Å². The van der Waals surface area contributed by atoms with E-state index in [1.165, 1.54) is 0 Å². The number of esters is 1. The van der Waals surface area contributed by atoms with Gasteiger partial charge in [-0.1, -0.05) is 12.1 Å². The van der Waals surface area contributed by atoms with Crippen molar-refractivity contribution in [2.24, 2.45) is 16.0 Å². The fourth-order valence-corrected chi connectivity index (χ4v) is 2.69. The minimum absolute atomic E-state index is 0.0769. The number of carbonyl (C=O) groups is 2. The number of nitrogen functional groups attached to an aromatic ring is 1. The van der Waals surface area contributed by atoms with Gasteiger partial charge in [-0.05, 0) is 31.2 Å². The minimum Gasteiger partial charge on any atom is -0.423 e. The summed E-state index contributed by atoms with van der Waals surface area (Å²) in [6, 6.07) is 9.23. The van der Waals surface area contributed by atoms with Crippen LogP contribution in [-0.2, 0) is 14.3 Å². The Hall–Kier alpha value is -3.41. The molecule has 5 N–H and O–H groups in total. The van der Waals surface area contributed by atoms with Gasteiger partial charge in [-0.3, -0.25) is 14.5 Å². The lowest BCUT2D eigenvalue weighted by atomic mass is 10.3. The van der Waals surface area contributed by atoms with Crippen molar-refractivity contribution in [3.05, 3.63) is 36.4 Å². The molecule has 0 saturated carbocycles. The predicted octanol–water partition coefficient (Wildman–Crippen LogP) is 1.60. The van der Waals surface area contributed by atoms with Gasteiger partial charge in [-0.25, -0.2) is 4.98 Å². The number of rotatable bonds is 7. The summed E-state index contributed by atoms with van der Waals surface area (Å²) in [6.45, 7) is 4.29. The van der Waals surface area contributed by atoms with E-state index in [9.17, 15) is 9.59 Å². The van der Waals surface area contributed by atoms with Crippen molar-refractivity contribution >= 4 is 34.9 Å². The molecule has 1 saturated heterocycles. The fraction of sp³-hybridized carbons (Fsp3) is 0.350. The van der Waals surface area contributed by atoms with E-state index < -0.39 is 6.04 Å². The largest absolute Gasteiger partial charge is 0.423 e. The normalized spacial score (nSPS) is 15.5. The first kappa shape index (κ1) is 22.3. The molecule has 3 rings (SSSR count). The van der Waals surface area contributed by atoms with Crippen LogP contribution in [0, 0.1) is 0 Å². The second-order valence-electron chi connectivity index (χ2n) is 6.91. The number of nitrogens with one attached hydrogen (secondary N) is 1. The molecule has 0 spiro atoms. The van der Waals surface area contributed by atoms with E-state index in [1.807, 2.05) is 4.90 Å². The molecule has 1 amide bonds. The van der Waals surface area contributed by atoms with Crippen LogP contribution < -0.4 is 21.5 Å². The Balaban J connectivity index is 1.67. The molecule has 1 fully saturated rings. The van der Waals surface area contributed by atoms with E-state index in [0.29, 0.717) is 37.7 Å². The van der Waals surface area contributed by atoms with Gasteiger partial charge in [0.1, 0.15) is 17.2 Å². The van der Waals surface area contributed by atoms with Crippen LogP contribution >= 0.6 is 0 Å². The lowest BCUT2D eigenvalue weighted by Crippen LogP contribution is -2.40. The molecule has 1 aliphatic heterocycles. The summed E-state index contributed by atoms with van der Waals surface area (Å²) in [5.74, 6) is -0.143. The Morgan fingerprint density at radius 2 is 1.90 bits per heavy atom. The Morgan fingerprint density at radius 1 is 1.19 bits per heavy atom. The standard InChI is InChI=1S/C20H25N7O4/c1-13(21)20(29)24-17-7-6-15(19(22)23-17)26-25-14-4-2-3-5-16(14)31-18(28)12-27-8-10-30-11-9-27/h2-7,13H,8-12,21H2,1H3,(H3,22,23,24,29)/t13-/m0/s1. The number of pyridine rings is 1. The summed E-state index contributed by atoms with van der Waals surface area (Å²) in [4.78, 5) is 30.0. The molecule has 1 aliphatic rings. The molecule has 11 nitrogen and oxygen atoms in total. The molecule has 164 valence electrons. The van der Waals surface area contributed by atoms with Crippen molar-refractivity contribution in [3.63, 3.8) is 0 Å². The zero-order chi connectivity index (χ0) is 22.2. The fourth-order valence-electron chi connectivity index (χ4n) is 2.69. The van der Waals surface area contributed by atoms with E-state index in [4.69, 9.17) is 20.9 Å². The predicted molar refractivity (Wildman–Crippen MR) is 114 cm³/mol. The monoisotopic (exact) mass is 427 g/mol. The number of anilines is 2. The van der Waals surface area contributed by atoms with Gasteiger partial charge in [0.15, 0.2) is 11.6 Å². The van der Waals surface area contributed by atoms with Gasteiger partial charge >= 0.3 is 5.97 Å². The van der Waals surface area contributed by atoms with E-state index in [2.05, 4.69) is 20.5 Å². The van der Waals surface area contributed by atoms with E-state index >= 15 is 0 Å². The highest BCUT2D eigenvalue weighted by molar-refractivity contribution is 5.93. The topological polar surface area (TPSA) is 158 Å². The number of benzene rings is 1. The average Bonchev–Trinajstić information content (AvgIpc) is 2.74. The van der Waals surface area contributed by atoms with Gasteiger partial charge < -0.3 is 26.3 Å². The molecule has 1 aromatic heterocycles. The Kier molecular flexibility index (Phi) is 7.60. The van der Waals surface area contributed by atoms with Crippen molar-refractivity contribution in [2.45, 2.75) is 13.0 Å². The first-order valence-corrected chi connectivity index (χ1v) is 9.77. The number of hydrogen-bond acceptors (Lipinski definition) is 10.